The number of anilines is 1. The average molecular weight is 625 g/mol. The number of carbonyl (C=O) groups excluding carboxylic acids is 2. The minimum Gasteiger partial charge on any atom is -0.352 e. The Hall–Kier alpha value is -2.78. The fourth-order valence-corrected chi connectivity index (χ4v) is 6.11. The number of hydrogen-bond donors (Lipinski definition) is 1. The molecule has 0 saturated carbocycles. The third kappa shape index (κ3) is 7.49. The third-order valence-electron chi connectivity index (χ3n) is 6.64. The fourth-order valence-electron chi connectivity index (χ4n) is 3.98. The molecule has 2 atom stereocenters. The zero-order chi connectivity index (χ0) is 29.6. The predicted octanol–water partition coefficient (Wildman–Crippen LogP) is 6.48. The van der Waals surface area contributed by atoms with Crippen molar-refractivity contribution >= 4 is 62.3 Å². The number of rotatable bonds is 11. The number of benzene rings is 3. The van der Waals surface area contributed by atoms with Crippen LogP contribution in [0.3, 0.4) is 0 Å². The fraction of sp³-hybridized carbons (Fsp3) is 0.310. The van der Waals surface area contributed by atoms with Crippen molar-refractivity contribution in [2.24, 2.45) is 0 Å². The number of sulfonamides is 1. The molecule has 214 valence electrons. The Morgan fingerprint density at radius 2 is 1.60 bits per heavy atom. The maximum atomic E-state index is 14.0. The Kier molecular flexibility index (Phi) is 10.9. The van der Waals surface area contributed by atoms with Crippen molar-refractivity contribution in [1.29, 1.82) is 0 Å². The van der Waals surface area contributed by atoms with Crippen molar-refractivity contribution in [3.63, 3.8) is 0 Å². The lowest BCUT2D eigenvalue weighted by molar-refractivity contribution is -0.139. The van der Waals surface area contributed by atoms with E-state index in [2.05, 4.69) is 5.32 Å². The number of hydrogen-bond acceptors (Lipinski definition) is 4. The maximum Gasteiger partial charge on any atom is 0.264 e. The molecule has 0 aliphatic heterocycles. The first kappa shape index (κ1) is 31.7. The van der Waals surface area contributed by atoms with Crippen LogP contribution in [0.4, 0.5) is 5.69 Å². The summed E-state index contributed by atoms with van der Waals surface area (Å²) in [4.78, 5) is 28.5. The summed E-state index contributed by atoms with van der Waals surface area (Å²) in [6.07, 6.45) is 0.701. The van der Waals surface area contributed by atoms with E-state index in [1.54, 1.807) is 68.4 Å². The van der Waals surface area contributed by atoms with E-state index in [1.807, 2.05) is 13.8 Å². The predicted molar refractivity (Wildman–Crippen MR) is 162 cm³/mol. The van der Waals surface area contributed by atoms with Crippen molar-refractivity contribution in [2.75, 3.05) is 10.8 Å². The molecule has 3 aromatic carbocycles. The van der Waals surface area contributed by atoms with Gasteiger partial charge < -0.3 is 10.2 Å². The summed E-state index contributed by atoms with van der Waals surface area (Å²) in [6, 6.07) is 16.5. The van der Waals surface area contributed by atoms with Crippen LogP contribution in [0.15, 0.2) is 71.6 Å². The van der Waals surface area contributed by atoms with E-state index in [1.165, 1.54) is 17.0 Å². The van der Waals surface area contributed by atoms with Gasteiger partial charge in [0, 0.05) is 27.7 Å². The molecule has 1 N–H and O–H groups in total. The molecule has 0 spiro atoms. The normalized spacial score (nSPS) is 12.9. The van der Waals surface area contributed by atoms with E-state index < -0.39 is 28.5 Å². The van der Waals surface area contributed by atoms with Gasteiger partial charge in [-0.1, -0.05) is 72.1 Å². The van der Waals surface area contributed by atoms with Gasteiger partial charge in [-0.3, -0.25) is 13.9 Å². The van der Waals surface area contributed by atoms with Crippen LogP contribution < -0.4 is 9.62 Å². The van der Waals surface area contributed by atoms with E-state index in [0.29, 0.717) is 32.6 Å². The van der Waals surface area contributed by atoms with Crippen LogP contribution in [0.2, 0.25) is 15.1 Å². The van der Waals surface area contributed by atoms with Crippen molar-refractivity contribution in [1.82, 2.24) is 10.2 Å². The van der Waals surface area contributed by atoms with Crippen molar-refractivity contribution in [2.45, 2.75) is 57.6 Å². The second-order valence-corrected chi connectivity index (χ2v) is 12.6. The number of nitrogens with one attached hydrogen (secondary N) is 1. The highest BCUT2D eigenvalue weighted by Gasteiger charge is 2.33. The minimum atomic E-state index is -4.19. The van der Waals surface area contributed by atoms with Crippen LogP contribution >= 0.6 is 34.8 Å². The topological polar surface area (TPSA) is 86.8 Å². The molecule has 7 nitrogen and oxygen atoms in total. The number of amides is 2. The molecule has 0 fully saturated rings. The number of halogens is 3. The Morgan fingerprint density at radius 3 is 2.23 bits per heavy atom. The first-order valence-corrected chi connectivity index (χ1v) is 15.3. The first-order chi connectivity index (χ1) is 18.9. The van der Waals surface area contributed by atoms with E-state index in [4.69, 9.17) is 34.8 Å². The molecule has 11 heteroatoms. The minimum absolute atomic E-state index is 0.0111. The first-order valence-electron chi connectivity index (χ1n) is 12.7. The van der Waals surface area contributed by atoms with Gasteiger partial charge in [0.1, 0.15) is 12.6 Å². The van der Waals surface area contributed by atoms with Crippen molar-refractivity contribution in [3.05, 3.63) is 92.9 Å². The summed E-state index contributed by atoms with van der Waals surface area (Å²) in [5.41, 5.74) is 1.30. The quantitative estimate of drug-likeness (QED) is 0.265. The molecule has 3 aromatic rings. The Balaban J connectivity index is 2.08. The summed E-state index contributed by atoms with van der Waals surface area (Å²) in [5, 5.41) is 3.99. The lowest BCUT2D eigenvalue weighted by atomic mass is 10.1. The molecule has 40 heavy (non-hydrogen) atoms. The molecule has 0 unspecified atom stereocenters. The van der Waals surface area contributed by atoms with Crippen molar-refractivity contribution < 1.29 is 18.0 Å². The van der Waals surface area contributed by atoms with Gasteiger partial charge in [0.2, 0.25) is 11.8 Å². The van der Waals surface area contributed by atoms with Gasteiger partial charge in [0.25, 0.3) is 10.0 Å². The lowest BCUT2D eigenvalue weighted by Crippen LogP contribution is -2.52. The van der Waals surface area contributed by atoms with E-state index in [9.17, 15) is 18.0 Å². The molecule has 2 amide bonds. The van der Waals surface area contributed by atoms with E-state index in [-0.39, 0.29) is 29.1 Å². The molecular formula is C29H32Cl3N3O4S. The van der Waals surface area contributed by atoms with Crippen LogP contribution in [0.1, 0.15) is 38.3 Å². The SMILES string of the molecule is CC[C@H](C)NC(=O)[C@H](C)N(Cc1ccc(Cl)cc1Cl)C(=O)CN(c1cccc(Cl)c1C)S(=O)(=O)c1ccccc1. The zero-order valence-electron chi connectivity index (χ0n) is 22.7. The largest absolute Gasteiger partial charge is 0.352 e. The summed E-state index contributed by atoms with van der Waals surface area (Å²) in [5.74, 6) is -0.971. The van der Waals surface area contributed by atoms with Crippen LogP contribution in [0.5, 0.6) is 0 Å². The number of nitrogens with zero attached hydrogens (tertiary/aromatic N) is 2. The number of carbonyl (C=O) groups is 2. The molecular weight excluding hydrogens is 593 g/mol. The van der Waals surface area contributed by atoms with E-state index >= 15 is 0 Å². The van der Waals surface area contributed by atoms with Gasteiger partial charge in [0.15, 0.2) is 0 Å². The molecule has 0 radical (unpaired) electrons. The maximum absolute atomic E-state index is 14.0. The van der Waals surface area contributed by atoms with Gasteiger partial charge in [-0.05, 0) is 74.7 Å². The molecule has 0 aromatic heterocycles. The van der Waals surface area contributed by atoms with Gasteiger partial charge in [0.05, 0.1) is 10.6 Å². The monoisotopic (exact) mass is 623 g/mol. The van der Waals surface area contributed by atoms with Gasteiger partial charge >= 0.3 is 0 Å². The second kappa shape index (κ2) is 13.7. The molecule has 3 rings (SSSR count). The molecule has 0 aliphatic rings. The Morgan fingerprint density at radius 1 is 0.925 bits per heavy atom. The highest BCUT2D eigenvalue weighted by Crippen LogP contribution is 2.31. The molecule has 0 aliphatic carbocycles. The summed E-state index contributed by atoms with van der Waals surface area (Å²) in [7, 11) is -4.19. The van der Waals surface area contributed by atoms with Gasteiger partial charge in [-0.15, -0.1) is 0 Å². The van der Waals surface area contributed by atoms with Crippen molar-refractivity contribution in [3.8, 4) is 0 Å². The Labute approximate surface area is 251 Å². The summed E-state index contributed by atoms with van der Waals surface area (Å²) >= 11 is 18.8. The van der Waals surface area contributed by atoms with Crippen LogP contribution in [0.25, 0.3) is 0 Å². The smallest absolute Gasteiger partial charge is 0.264 e. The molecule has 0 heterocycles. The Bertz CT molecular complexity index is 1470. The lowest BCUT2D eigenvalue weighted by Gasteiger charge is -2.33. The third-order valence-corrected chi connectivity index (χ3v) is 9.41. The zero-order valence-corrected chi connectivity index (χ0v) is 25.8. The summed E-state index contributed by atoms with van der Waals surface area (Å²) in [6.45, 7) is 6.46. The summed E-state index contributed by atoms with van der Waals surface area (Å²) < 4.78 is 28.8. The molecule has 0 saturated heterocycles. The molecule has 0 bridgehead atoms. The van der Waals surface area contributed by atoms with Crippen LogP contribution in [-0.2, 0) is 26.2 Å². The average Bonchev–Trinajstić information content (AvgIpc) is 2.92. The van der Waals surface area contributed by atoms with E-state index in [0.717, 1.165) is 4.31 Å². The van der Waals surface area contributed by atoms with Crippen LogP contribution in [-0.4, -0.2) is 43.8 Å². The standard InChI is InChI=1S/C29H32Cl3N3O4S/c1-5-19(2)33-29(37)21(4)34(17-22-14-15-23(30)16-26(22)32)28(36)18-35(27-13-9-12-25(31)20(27)3)40(38,39)24-10-7-6-8-11-24/h6-16,19,21H,5,17-18H2,1-4H3,(H,33,37)/t19-,21-/m0/s1. The highest BCUT2D eigenvalue weighted by molar-refractivity contribution is 7.92. The highest BCUT2D eigenvalue weighted by atomic mass is 35.5. The second-order valence-electron chi connectivity index (χ2n) is 9.46. The van der Waals surface area contributed by atoms with Gasteiger partial charge in [-0.25, -0.2) is 8.42 Å². The van der Waals surface area contributed by atoms with Crippen LogP contribution in [0, 0.1) is 6.92 Å². The van der Waals surface area contributed by atoms with Gasteiger partial charge in [-0.2, -0.15) is 0 Å².